The second-order valence-corrected chi connectivity index (χ2v) is 7.35. The molecule has 1 atom stereocenters. The molecule has 0 aliphatic carbocycles. The first-order chi connectivity index (χ1) is 10.1. The van der Waals surface area contributed by atoms with Gasteiger partial charge in [0.05, 0.1) is 6.04 Å². The SMILES string of the molecule is CCC1c2ccsc2CCN1C(=O)c1cc(Br)ccc1C. The summed E-state index contributed by atoms with van der Waals surface area (Å²) in [7, 11) is 0. The van der Waals surface area contributed by atoms with Crippen LogP contribution in [0.25, 0.3) is 0 Å². The fourth-order valence-electron chi connectivity index (χ4n) is 3.06. The lowest BCUT2D eigenvalue weighted by molar-refractivity contribution is 0.0656. The van der Waals surface area contributed by atoms with Crippen molar-refractivity contribution in [1.29, 1.82) is 0 Å². The molecular weight excluding hydrogens is 346 g/mol. The van der Waals surface area contributed by atoms with Gasteiger partial charge in [-0.15, -0.1) is 11.3 Å². The molecule has 0 saturated carbocycles. The third-order valence-corrected chi connectivity index (χ3v) is 5.66. The molecule has 110 valence electrons. The maximum absolute atomic E-state index is 13.0. The standard InChI is InChI=1S/C17H18BrNOS/c1-3-15-13-7-9-21-16(13)6-8-19(15)17(20)14-10-12(18)5-4-11(14)2/h4-5,7,9-10,15H,3,6,8H2,1-2H3. The first-order valence-corrected chi connectivity index (χ1v) is 8.92. The van der Waals surface area contributed by atoms with E-state index < -0.39 is 0 Å². The fraction of sp³-hybridized carbons (Fsp3) is 0.353. The van der Waals surface area contributed by atoms with Crippen molar-refractivity contribution in [2.75, 3.05) is 6.54 Å². The van der Waals surface area contributed by atoms with Crippen molar-refractivity contribution in [1.82, 2.24) is 4.90 Å². The lowest BCUT2D eigenvalue weighted by Crippen LogP contribution is -2.39. The van der Waals surface area contributed by atoms with Crippen molar-refractivity contribution >= 4 is 33.2 Å². The number of benzene rings is 1. The van der Waals surface area contributed by atoms with Crippen LogP contribution in [0.3, 0.4) is 0 Å². The summed E-state index contributed by atoms with van der Waals surface area (Å²) in [6.07, 6.45) is 1.94. The number of hydrogen-bond acceptors (Lipinski definition) is 2. The number of carbonyl (C=O) groups is 1. The van der Waals surface area contributed by atoms with Gasteiger partial charge in [-0.3, -0.25) is 4.79 Å². The van der Waals surface area contributed by atoms with Gasteiger partial charge in [-0.25, -0.2) is 0 Å². The van der Waals surface area contributed by atoms with Crippen molar-refractivity contribution in [3.63, 3.8) is 0 Å². The molecule has 0 fully saturated rings. The highest BCUT2D eigenvalue weighted by molar-refractivity contribution is 9.10. The van der Waals surface area contributed by atoms with E-state index in [9.17, 15) is 4.79 Å². The van der Waals surface area contributed by atoms with Gasteiger partial charge in [-0.1, -0.05) is 28.9 Å². The summed E-state index contributed by atoms with van der Waals surface area (Å²) in [4.78, 5) is 16.5. The van der Waals surface area contributed by atoms with Gasteiger partial charge in [0.25, 0.3) is 5.91 Å². The number of rotatable bonds is 2. The van der Waals surface area contributed by atoms with E-state index in [0.717, 1.165) is 35.0 Å². The number of halogens is 1. The normalized spacial score (nSPS) is 17.7. The van der Waals surface area contributed by atoms with Gasteiger partial charge in [-0.05, 0) is 54.5 Å². The molecule has 2 heterocycles. The van der Waals surface area contributed by atoms with Crippen LogP contribution in [0.5, 0.6) is 0 Å². The minimum atomic E-state index is 0.150. The summed E-state index contributed by atoms with van der Waals surface area (Å²) in [5.74, 6) is 0.150. The minimum absolute atomic E-state index is 0.150. The van der Waals surface area contributed by atoms with Crippen molar-refractivity contribution < 1.29 is 4.79 Å². The predicted octanol–water partition coefficient (Wildman–Crippen LogP) is 4.97. The van der Waals surface area contributed by atoms with Gasteiger partial charge < -0.3 is 4.90 Å². The number of aryl methyl sites for hydroxylation is 1. The van der Waals surface area contributed by atoms with Crippen molar-refractivity contribution in [3.05, 3.63) is 55.7 Å². The summed E-state index contributed by atoms with van der Waals surface area (Å²) in [5, 5.41) is 2.14. The van der Waals surface area contributed by atoms with Gasteiger partial charge in [0.1, 0.15) is 0 Å². The van der Waals surface area contributed by atoms with Gasteiger partial charge in [0.2, 0.25) is 0 Å². The Morgan fingerprint density at radius 2 is 2.24 bits per heavy atom. The minimum Gasteiger partial charge on any atom is -0.331 e. The summed E-state index contributed by atoms with van der Waals surface area (Å²) in [5.41, 5.74) is 3.19. The molecular formula is C17H18BrNOS. The van der Waals surface area contributed by atoms with E-state index in [1.165, 1.54) is 10.4 Å². The van der Waals surface area contributed by atoms with Gasteiger partial charge in [0, 0.05) is 21.5 Å². The quantitative estimate of drug-likeness (QED) is 0.737. The third kappa shape index (κ3) is 2.67. The number of carbonyl (C=O) groups excluding carboxylic acids is 1. The maximum atomic E-state index is 13.0. The van der Waals surface area contributed by atoms with Crippen LogP contribution in [0, 0.1) is 6.92 Å². The van der Waals surface area contributed by atoms with Crippen LogP contribution in [0.1, 0.15) is 45.7 Å². The second kappa shape index (κ2) is 5.93. The molecule has 3 rings (SSSR count). The number of hydrogen-bond donors (Lipinski definition) is 0. The highest BCUT2D eigenvalue weighted by atomic mass is 79.9. The Kier molecular flexibility index (Phi) is 4.18. The summed E-state index contributed by atoms with van der Waals surface area (Å²) >= 11 is 5.29. The topological polar surface area (TPSA) is 20.3 Å². The van der Waals surface area contributed by atoms with Crippen LogP contribution >= 0.6 is 27.3 Å². The summed E-state index contributed by atoms with van der Waals surface area (Å²) in [6.45, 7) is 4.98. The van der Waals surface area contributed by atoms with E-state index in [-0.39, 0.29) is 11.9 Å². The Hall–Kier alpha value is -1.13. The number of thiophene rings is 1. The molecule has 4 heteroatoms. The molecule has 2 aromatic rings. The zero-order valence-corrected chi connectivity index (χ0v) is 14.6. The molecule has 2 nitrogen and oxygen atoms in total. The maximum Gasteiger partial charge on any atom is 0.254 e. The van der Waals surface area contributed by atoms with E-state index >= 15 is 0 Å². The van der Waals surface area contributed by atoms with Crippen molar-refractivity contribution in [3.8, 4) is 0 Å². The average molecular weight is 364 g/mol. The van der Waals surface area contributed by atoms with Crippen LogP contribution in [0.4, 0.5) is 0 Å². The van der Waals surface area contributed by atoms with Crippen LogP contribution in [0.2, 0.25) is 0 Å². The van der Waals surface area contributed by atoms with E-state index in [2.05, 4.69) is 34.3 Å². The molecule has 0 saturated heterocycles. The van der Waals surface area contributed by atoms with Crippen LogP contribution in [0.15, 0.2) is 34.1 Å². The molecule has 0 spiro atoms. The van der Waals surface area contributed by atoms with Crippen molar-refractivity contribution in [2.24, 2.45) is 0 Å². The first kappa shape index (κ1) is 14.8. The number of nitrogens with zero attached hydrogens (tertiary/aromatic N) is 1. The molecule has 1 aliphatic rings. The largest absolute Gasteiger partial charge is 0.331 e. The van der Waals surface area contributed by atoms with Crippen LogP contribution < -0.4 is 0 Å². The van der Waals surface area contributed by atoms with E-state index in [1.807, 2.05) is 41.4 Å². The Balaban J connectivity index is 1.96. The van der Waals surface area contributed by atoms with Gasteiger partial charge in [0.15, 0.2) is 0 Å². The number of amides is 1. The molecule has 1 amide bonds. The molecule has 1 aliphatic heterocycles. The molecule has 1 aromatic heterocycles. The Bertz CT molecular complexity index is 679. The molecule has 1 aromatic carbocycles. The van der Waals surface area contributed by atoms with E-state index in [4.69, 9.17) is 0 Å². The molecule has 21 heavy (non-hydrogen) atoms. The summed E-state index contributed by atoms with van der Waals surface area (Å²) < 4.78 is 0.956. The lowest BCUT2D eigenvalue weighted by atomic mass is 9.96. The Labute approximate surface area is 137 Å². The summed E-state index contributed by atoms with van der Waals surface area (Å²) in [6, 6.07) is 8.31. The molecule has 1 unspecified atom stereocenters. The third-order valence-electron chi connectivity index (χ3n) is 4.17. The second-order valence-electron chi connectivity index (χ2n) is 5.43. The monoisotopic (exact) mass is 363 g/mol. The molecule has 0 bridgehead atoms. The van der Waals surface area contributed by atoms with Crippen LogP contribution in [-0.4, -0.2) is 17.4 Å². The number of fused-ring (bicyclic) bond motifs is 1. The van der Waals surface area contributed by atoms with Gasteiger partial charge in [-0.2, -0.15) is 0 Å². The van der Waals surface area contributed by atoms with Crippen molar-refractivity contribution in [2.45, 2.75) is 32.7 Å². The predicted molar refractivity (Wildman–Crippen MR) is 91.0 cm³/mol. The fourth-order valence-corrected chi connectivity index (χ4v) is 4.35. The average Bonchev–Trinajstić information content (AvgIpc) is 2.96. The zero-order valence-electron chi connectivity index (χ0n) is 12.2. The van der Waals surface area contributed by atoms with Crippen LogP contribution in [-0.2, 0) is 6.42 Å². The highest BCUT2D eigenvalue weighted by Crippen LogP contribution is 2.36. The Morgan fingerprint density at radius 1 is 1.43 bits per heavy atom. The first-order valence-electron chi connectivity index (χ1n) is 7.25. The smallest absolute Gasteiger partial charge is 0.254 e. The zero-order chi connectivity index (χ0) is 15.0. The molecule has 0 radical (unpaired) electrons. The Morgan fingerprint density at radius 3 is 3.00 bits per heavy atom. The van der Waals surface area contributed by atoms with Gasteiger partial charge >= 0.3 is 0 Å². The van der Waals surface area contributed by atoms with E-state index in [0.29, 0.717) is 0 Å². The van der Waals surface area contributed by atoms with E-state index in [1.54, 1.807) is 0 Å². The lowest BCUT2D eigenvalue weighted by Gasteiger charge is -2.36. The highest BCUT2D eigenvalue weighted by Gasteiger charge is 2.31. The molecule has 0 N–H and O–H groups in total.